The van der Waals surface area contributed by atoms with E-state index in [0.717, 1.165) is 24.5 Å². The minimum Gasteiger partial charge on any atom is -0.383 e. The van der Waals surface area contributed by atoms with Gasteiger partial charge in [-0.15, -0.1) is 24.0 Å². The SMILES string of the molecule is CCNC(=NCc1cccc(C(=O)NC(C)CC)c1)NC(C)COC.I. The Morgan fingerprint density at radius 3 is 2.54 bits per heavy atom. The van der Waals surface area contributed by atoms with E-state index in [1.165, 1.54) is 0 Å². The quantitative estimate of drug-likeness (QED) is 0.291. The third kappa shape index (κ3) is 9.38. The van der Waals surface area contributed by atoms with Gasteiger partial charge in [-0.05, 0) is 44.9 Å². The highest BCUT2D eigenvalue weighted by Gasteiger charge is 2.09. The number of halogens is 1. The van der Waals surface area contributed by atoms with Crippen molar-refractivity contribution in [2.75, 3.05) is 20.3 Å². The standard InChI is InChI=1S/C19H32N4O2.HI/c1-6-14(3)22-18(24)17-10-8-9-16(11-17)12-21-19(20-7-2)23-15(4)13-25-5;/h8-11,14-15H,6-7,12-13H2,1-5H3,(H,22,24)(H2,20,21,23);1H. The number of hydrogen-bond donors (Lipinski definition) is 3. The molecule has 26 heavy (non-hydrogen) atoms. The minimum absolute atomic E-state index is 0. The van der Waals surface area contributed by atoms with E-state index in [2.05, 4.69) is 27.9 Å². The lowest BCUT2D eigenvalue weighted by Crippen LogP contribution is -2.43. The van der Waals surface area contributed by atoms with Crippen molar-refractivity contribution in [3.63, 3.8) is 0 Å². The molecule has 0 saturated heterocycles. The molecule has 6 nitrogen and oxygen atoms in total. The monoisotopic (exact) mass is 476 g/mol. The molecule has 0 bridgehead atoms. The maximum Gasteiger partial charge on any atom is 0.251 e. The first-order valence-electron chi connectivity index (χ1n) is 8.93. The predicted octanol–water partition coefficient (Wildman–Crippen LogP) is 2.92. The van der Waals surface area contributed by atoms with Crippen molar-refractivity contribution in [3.8, 4) is 0 Å². The van der Waals surface area contributed by atoms with Gasteiger partial charge in [-0.1, -0.05) is 19.1 Å². The average Bonchev–Trinajstić information content (AvgIpc) is 2.60. The Morgan fingerprint density at radius 1 is 1.19 bits per heavy atom. The first-order valence-corrected chi connectivity index (χ1v) is 8.93. The van der Waals surface area contributed by atoms with E-state index in [1.807, 2.05) is 45.0 Å². The Labute approximate surface area is 174 Å². The van der Waals surface area contributed by atoms with Gasteiger partial charge in [0, 0.05) is 31.3 Å². The number of ether oxygens (including phenoxy) is 1. The topological polar surface area (TPSA) is 74.8 Å². The van der Waals surface area contributed by atoms with Crippen LogP contribution >= 0.6 is 24.0 Å². The number of guanidine groups is 1. The molecule has 1 aromatic rings. The van der Waals surface area contributed by atoms with Crippen LogP contribution in [0, 0.1) is 0 Å². The molecule has 1 rings (SSSR count). The molecule has 2 atom stereocenters. The van der Waals surface area contributed by atoms with E-state index in [1.54, 1.807) is 7.11 Å². The van der Waals surface area contributed by atoms with Crippen LogP contribution < -0.4 is 16.0 Å². The van der Waals surface area contributed by atoms with Gasteiger partial charge in [0.25, 0.3) is 5.91 Å². The number of nitrogens with one attached hydrogen (secondary N) is 3. The fourth-order valence-electron chi connectivity index (χ4n) is 2.24. The summed E-state index contributed by atoms with van der Waals surface area (Å²) in [5.74, 6) is 0.695. The Morgan fingerprint density at radius 2 is 1.92 bits per heavy atom. The lowest BCUT2D eigenvalue weighted by atomic mass is 10.1. The molecule has 0 heterocycles. The summed E-state index contributed by atoms with van der Waals surface area (Å²) in [4.78, 5) is 16.8. The van der Waals surface area contributed by atoms with Gasteiger partial charge in [0.05, 0.1) is 13.2 Å². The smallest absolute Gasteiger partial charge is 0.251 e. The Kier molecular flexibility index (Phi) is 13.1. The number of rotatable bonds is 9. The highest BCUT2D eigenvalue weighted by molar-refractivity contribution is 14.0. The minimum atomic E-state index is -0.0427. The van der Waals surface area contributed by atoms with Crippen LogP contribution in [-0.2, 0) is 11.3 Å². The second-order valence-corrected chi connectivity index (χ2v) is 6.18. The molecule has 0 saturated carbocycles. The molecular weight excluding hydrogens is 443 g/mol. The Balaban J connectivity index is 0.00000625. The normalized spacial score (nSPS) is 13.3. The van der Waals surface area contributed by atoms with Gasteiger partial charge < -0.3 is 20.7 Å². The zero-order valence-electron chi connectivity index (χ0n) is 16.5. The maximum absolute atomic E-state index is 12.2. The van der Waals surface area contributed by atoms with Gasteiger partial charge in [-0.2, -0.15) is 0 Å². The largest absolute Gasteiger partial charge is 0.383 e. The summed E-state index contributed by atoms with van der Waals surface area (Å²) in [6.45, 7) is 10.0. The number of methoxy groups -OCH3 is 1. The molecule has 1 amide bonds. The lowest BCUT2D eigenvalue weighted by Gasteiger charge is -2.17. The highest BCUT2D eigenvalue weighted by atomic mass is 127. The molecule has 0 aliphatic heterocycles. The van der Waals surface area contributed by atoms with E-state index in [9.17, 15) is 4.79 Å². The van der Waals surface area contributed by atoms with Crippen molar-refractivity contribution in [1.82, 2.24) is 16.0 Å². The molecule has 0 radical (unpaired) electrons. The highest BCUT2D eigenvalue weighted by Crippen LogP contribution is 2.07. The molecule has 0 aromatic heterocycles. The summed E-state index contributed by atoms with van der Waals surface area (Å²) in [6.07, 6.45) is 0.910. The van der Waals surface area contributed by atoms with Gasteiger partial charge in [0.15, 0.2) is 5.96 Å². The van der Waals surface area contributed by atoms with Crippen LogP contribution in [0.3, 0.4) is 0 Å². The van der Waals surface area contributed by atoms with Crippen molar-refractivity contribution >= 4 is 35.8 Å². The maximum atomic E-state index is 12.2. The van der Waals surface area contributed by atoms with Crippen LogP contribution in [0.15, 0.2) is 29.3 Å². The number of nitrogens with zero attached hydrogens (tertiary/aromatic N) is 1. The Hall–Kier alpha value is -1.35. The summed E-state index contributed by atoms with van der Waals surface area (Å²) in [6, 6.07) is 7.92. The number of aliphatic imine (C=N–C) groups is 1. The predicted molar refractivity (Wildman–Crippen MR) is 118 cm³/mol. The van der Waals surface area contributed by atoms with Crippen LogP contribution in [-0.4, -0.2) is 44.2 Å². The second kappa shape index (κ2) is 13.8. The van der Waals surface area contributed by atoms with Gasteiger partial charge >= 0.3 is 0 Å². The lowest BCUT2D eigenvalue weighted by molar-refractivity contribution is 0.0939. The van der Waals surface area contributed by atoms with Crippen molar-refractivity contribution in [1.29, 1.82) is 0 Å². The number of amides is 1. The molecule has 3 N–H and O–H groups in total. The van der Waals surface area contributed by atoms with Crippen molar-refractivity contribution in [2.24, 2.45) is 4.99 Å². The molecule has 0 fully saturated rings. The molecule has 148 valence electrons. The van der Waals surface area contributed by atoms with Crippen LogP contribution in [0.1, 0.15) is 50.0 Å². The van der Waals surface area contributed by atoms with Crippen LogP contribution in [0.4, 0.5) is 0 Å². The summed E-state index contributed by atoms with van der Waals surface area (Å²) in [5.41, 5.74) is 1.66. The van der Waals surface area contributed by atoms with Gasteiger partial charge in [0.2, 0.25) is 0 Å². The summed E-state index contributed by atoms with van der Waals surface area (Å²) < 4.78 is 5.14. The third-order valence-electron chi connectivity index (χ3n) is 3.74. The van der Waals surface area contributed by atoms with E-state index < -0.39 is 0 Å². The molecule has 0 spiro atoms. The van der Waals surface area contributed by atoms with E-state index in [-0.39, 0.29) is 42.0 Å². The molecule has 0 aliphatic carbocycles. The first kappa shape index (κ1) is 24.7. The van der Waals surface area contributed by atoms with Crippen LogP contribution in [0.2, 0.25) is 0 Å². The van der Waals surface area contributed by atoms with E-state index in [0.29, 0.717) is 18.7 Å². The zero-order chi connectivity index (χ0) is 18.7. The molecule has 0 aliphatic rings. The van der Waals surface area contributed by atoms with Crippen molar-refractivity contribution in [3.05, 3.63) is 35.4 Å². The average molecular weight is 476 g/mol. The van der Waals surface area contributed by atoms with Crippen LogP contribution in [0.25, 0.3) is 0 Å². The third-order valence-corrected chi connectivity index (χ3v) is 3.74. The fourth-order valence-corrected chi connectivity index (χ4v) is 2.24. The molecule has 2 unspecified atom stereocenters. The number of hydrogen-bond acceptors (Lipinski definition) is 3. The van der Waals surface area contributed by atoms with Gasteiger partial charge in [-0.3, -0.25) is 4.79 Å². The van der Waals surface area contributed by atoms with E-state index in [4.69, 9.17) is 4.74 Å². The van der Waals surface area contributed by atoms with Crippen molar-refractivity contribution < 1.29 is 9.53 Å². The van der Waals surface area contributed by atoms with Gasteiger partial charge in [-0.25, -0.2) is 4.99 Å². The second-order valence-electron chi connectivity index (χ2n) is 6.18. The van der Waals surface area contributed by atoms with Crippen molar-refractivity contribution in [2.45, 2.75) is 52.7 Å². The summed E-state index contributed by atoms with van der Waals surface area (Å²) >= 11 is 0. The van der Waals surface area contributed by atoms with Gasteiger partial charge in [0.1, 0.15) is 0 Å². The molecule has 7 heteroatoms. The zero-order valence-corrected chi connectivity index (χ0v) is 18.8. The fraction of sp³-hybridized carbons (Fsp3) is 0.579. The molecular formula is C19H33IN4O2. The summed E-state index contributed by atoms with van der Waals surface area (Å²) in [7, 11) is 1.68. The first-order chi connectivity index (χ1) is 12.0. The van der Waals surface area contributed by atoms with Crippen LogP contribution in [0.5, 0.6) is 0 Å². The summed E-state index contributed by atoms with van der Waals surface area (Å²) in [5, 5.41) is 9.50. The number of benzene rings is 1. The number of carbonyl (C=O) groups is 1. The molecule has 1 aromatic carbocycles. The Bertz CT molecular complexity index is 566. The number of carbonyl (C=O) groups excluding carboxylic acids is 1. The van der Waals surface area contributed by atoms with E-state index >= 15 is 0 Å².